The molecule has 2 rings (SSSR count). The van der Waals surface area contributed by atoms with Gasteiger partial charge in [0.2, 0.25) is 0 Å². The number of halogens is 6. The summed E-state index contributed by atoms with van der Waals surface area (Å²) in [4.78, 5) is 0. The molecule has 0 saturated heterocycles. The largest absolute Gasteiger partial charge is 0.457 e. The van der Waals surface area contributed by atoms with E-state index >= 15 is 0 Å². The Labute approximate surface area is 127 Å². The van der Waals surface area contributed by atoms with Gasteiger partial charge in [-0.3, -0.25) is 0 Å². The van der Waals surface area contributed by atoms with Crippen LogP contribution in [0.25, 0.3) is 0 Å². The number of nitrogens with two attached hydrogens (primary N) is 1. The molecule has 0 aliphatic carbocycles. The van der Waals surface area contributed by atoms with Crippen molar-refractivity contribution in [2.45, 2.75) is 18.3 Å². The molecule has 124 valence electrons. The van der Waals surface area contributed by atoms with Crippen molar-refractivity contribution in [2.75, 3.05) is 5.73 Å². The van der Waals surface area contributed by atoms with Gasteiger partial charge in [-0.15, -0.1) is 0 Å². The van der Waals surface area contributed by atoms with E-state index in [-0.39, 0.29) is 11.5 Å². The lowest BCUT2D eigenvalue weighted by Gasteiger charge is -2.23. The second kappa shape index (κ2) is 6.02. The molecular weight excluding hydrogens is 324 g/mol. The smallest absolute Gasteiger partial charge is 0.404 e. The SMILES string of the molecule is Nc1cccc(Oc2cccc(C(C(F)(F)F)C(F)(F)F)c2)c1. The van der Waals surface area contributed by atoms with Crippen molar-refractivity contribution < 1.29 is 31.1 Å². The molecule has 0 bridgehead atoms. The fourth-order valence-corrected chi connectivity index (χ4v) is 2.04. The summed E-state index contributed by atoms with van der Waals surface area (Å²) in [5.41, 5.74) is 4.94. The van der Waals surface area contributed by atoms with Gasteiger partial charge in [-0.25, -0.2) is 0 Å². The number of rotatable bonds is 3. The molecule has 23 heavy (non-hydrogen) atoms. The van der Waals surface area contributed by atoms with Crippen LogP contribution in [-0.4, -0.2) is 12.4 Å². The Hall–Kier alpha value is -2.38. The number of hydrogen-bond donors (Lipinski definition) is 1. The van der Waals surface area contributed by atoms with Crippen LogP contribution in [0.5, 0.6) is 11.5 Å². The first-order chi connectivity index (χ1) is 10.6. The van der Waals surface area contributed by atoms with Crippen molar-refractivity contribution in [1.29, 1.82) is 0 Å². The monoisotopic (exact) mass is 335 g/mol. The minimum Gasteiger partial charge on any atom is -0.457 e. The summed E-state index contributed by atoms with van der Waals surface area (Å²) in [5.74, 6) is -3.51. The van der Waals surface area contributed by atoms with E-state index in [0.29, 0.717) is 5.69 Å². The molecule has 2 aromatic carbocycles. The molecule has 2 aromatic rings. The molecule has 8 heteroatoms. The van der Waals surface area contributed by atoms with Crippen LogP contribution in [0.2, 0.25) is 0 Å². The highest BCUT2D eigenvalue weighted by Crippen LogP contribution is 2.46. The quantitative estimate of drug-likeness (QED) is 0.613. The van der Waals surface area contributed by atoms with Crippen LogP contribution >= 0.6 is 0 Å². The Bertz CT molecular complexity index is 666. The molecule has 0 spiro atoms. The fourth-order valence-electron chi connectivity index (χ4n) is 2.04. The molecule has 0 amide bonds. The van der Waals surface area contributed by atoms with Gasteiger partial charge in [-0.2, -0.15) is 26.3 Å². The maximum Gasteiger partial charge on any atom is 0.404 e. The topological polar surface area (TPSA) is 35.2 Å². The van der Waals surface area contributed by atoms with Crippen LogP contribution < -0.4 is 10.5 Å². The molecule has 0 saturated carbocycles. The van der Waals surface area contributed by atoms with Crippen LogP contribution in [-0.2, 0) is 0 Å². The van der Waals surface area contributed by atoms with Crippen LogP contribution in [0, 0.1) is 0 Å². The van der Waals surface area contributed by atoms with Crippen LogP contribution in [0.15, 0.2) is 48.5 Å². The first-order valence-corrected chi connectivity index (χ1v) is 6.34. The van der Waals surface area contributed by atoms with E-state index in [1.807, 2.05) is 0 Å². The Balaban J connectivity index is 2.35. The molecule has 0 aliphatic rings. The predicted octanol–water partition coefficient (Wildman–Crippen LogP) is 5.27. The second-order valence-corrected chi connectivity index (χ2v) is 4.76. The predicted molar refractivity (Wildman–Crippen MR) is 72.2 cm³/mol. The van der Waals surface area contributed by atoms with E-state index in [1.54, 1.807) is 12.1 Å². The van der Waals surface area contributed by atoms with Crippen molar-refractivity contribution in [2.24, 2.45) is 0 Å². The molecule has 0 atom stereocenters. The highest BCUT2D eigenvalue weighted by atomic mass is 19.4. The summed E-state index contributed by atoms with van der Waals surface area (Å²) < 4.78 is 81.7. The molecule has 0 aliphatic heterocycles. The fraction of sp³-hybridized carbons (Fsp3) is 0.200. The number of ether oxygens (including phenoxy) is 1. The van der Waals surface area contributed by atoms with E-state index in [0.717, 1.165) is 18.2 Å². The molecule has 0 unspecified atom stereocenters. The zero-order chi connectivity index (χ0) is 17.3. The number of benzene rings is 2. The third-order valence-corrected chi connectivity index (χ3v) is 2.94. The Morgan fingerprint density at radius 3 is 1.83 bits per heavy atom. The number of anilines is 1. The summed E-state index contributed by atoms with van der Waals surface area (Å²) in [6.45, 7) is 0. The molecule has 2 nitrogen and oxygen atoms in total. The summed E-state index contributed by atoms with van der Waals surface area (Å²) in [6.07, 6.45) is -10.9. The summed E-state index contributed by atoms with van der Waals surface area (Å²) in [5, 5.41) is 0. The average Bonchev–Trinajstić information content (AvgIpc) is 2.35. The van der Waals surface area contributed by atoms with Gasteiger partial charge in [0.25, 0.3) is 0 Å². The molecule has 0 aromatic heterocycles. The van der Waals surface area contributed by atoms with E-state index in [1.165, 1.54) is 18.2 Å². The van der Waals surface area contributed by atoms with E-state index in [4.69, 9.17) is 10.5 Å². The van der Waals surface area contributed by atoms with Gasteiger partial charge in [-0.1, -0.05) is 18.2 Å². The minimum atomic E-state index is -5.45. The van der Waals surface area contributed by atoms with Crippen LogP contribution in [0.3, 0.4) is 0 Å². The average molecular weight is 335 g/mol. The van der Waals surface area contributed by atoms with Crippen molar-refractivity contribution in [3.63, 3.8) is 0 Å². The van der Waals surface area contributed by atoms with Crippen LogP contribution in [0.4, 0.5) is 32.0 Å². The third kappa shape index (κ3) is 4.30. The standard InChI is InChI=1S/C15H11F6NO/c16-14(17,18)13(15(19,20)21)9-3-1-5-11(7-9)23-12-6-2-4-10(22)8-12/h1-8,13H,22H2. The maximum atomic E-state index is 12.7. The number of hydrogen-bond acceptors (Lipinski definition) is 2. The van der Waals surface area contributed by atoms with E-state index < -0.39 is 23.8 Å². The summed E-state index contributed by atoms with van der Waals surface area (Å²) in [7, 11) is 0. The van der Waals surface area contributed by atoms with Gasteiger partial charge in [0.15, 0.2) is 5.92 Å². The van der Waals surface area contributed by atoms with Crippen molar-refractivity contribution in [1.82, 2.24) is 0 Å². The van der Waals surface area contributed by atoms with E-state index in [2.05, 4.69) is 0 Å². The van der Waals surface area contributed by atoms with Gasteiger partial charge in [-0.05, 0) is 29.8 Å². The Morgan fingerprint density at radius 1 is 0.783 bits per heavy atom. The molecule has 2 N–H and O–H groups in total. The molecule has 0 heterocycles. The van der Waals surface area contributed by atoms with Crippen LogP contribution in [0.1, 0.15) is 11.5 Å². The van der Waals surface area contributed by atoms with Gasteiger partial charge >= 0.3 is 12.4 Å². The summed E-state index contributed by atoms with van der Waals surface area (Å²) >= 11 is 0. The van der Waals surface area contributed by atoms with Crippen molar-refractivity contribution >= 4 is 5.69 Å². The summed E-state index contributed by atoms with van der Waals surface area (Å²) in [6, 6.07) is 9.80. The van der Waals surface area contributed by atoms with Gasteiger partial charge in [0, 0.05) is 11.8 Å². The third-order valence-electron chi connectivity index (χ3n) is 2.94. The Morgan fingerprint density at radius 2 is 1.30 bits per heavy atom. The van der Waals surface area contributed by atoms with Gasteiger partial charge < -0.3 is 10.5 Å². The van der Waals surface area contributed by atoms with Crippen molar-refractivity contribution in [3.8, 4) is 11.5 Å². The zero-order valence-electron chi connectivity index (χ0n) is 11.4. The first kappa shape index (κ1) is 17.0. The highest BCUT2D eigenvalue weighted by Gasteiger charge is 2.57. The molecular formula is C15H11F6NO. The second-order valence-electron chi connectivity index (χ2n) is 4.76. The van der Waals surface area contributed by atoms with E-state index in [9.17, 15) is 26.3 Å². The molecule has 0 radical (unpaired) electrons. The lowest BCUT2D eigenvalue weighted by molar-refractivity contribution is -0.253. The number of nitrogen functional groups attached to an aromatic ring is 1. The number of alkyl halides is 6. The van der Waals surface area contributed by atoms with Crippen molar-refractivity contribution in [3.05, 3.63) is 54.1 Å². The minimum absolute atomic E-state index is 0.147. The maximum absolute atomic E-state index is 12.7. The van der Waals surface area contributed by atoms with Gasteiger partial charge in [0.1, 0.15) is 11.5 Å². The normalized spacial score (nSPS) is 12.5. The first-order valence-electron chi connectivity index (χ1n) is 6.34. The highest BCUT2D eigenvalue weighted by molar-refractivity contribution is 5.45. The zero-order valence-corrected chi connectivity index (χ0v) is 11.4. The molecule has 0 fully saturated rings. The lowest BCUT2D eigenvalue weighted by atomic mass is 9.98. The Kier molecular flexibility index (Phi) is 4.44. The lowest BCUT2D eigenvalue weighted by Crippen LogP contribution is -2.34. The van der Waals surface area contributed by atoms with Gasteiger partial charge in [0.05, 0.1) is 0 Å².